The lowest BCUT2D eigenvalue weighted by atomic mass is 10.0. The molecule has 0 bridgehead atoms. The van der Waals surface area contributed by atoms with Crippen molar-refractivity contribution in [1.82, 2.24) is 5.32 Å². The third-order valence-electron chi connectivity index (χ3n) is 6.17. The van der Waals surface area contributed by atoms with Crippen molar-refractivity contribution in [3.05, 3.63) is 82.7 Å². The van der Waals surface area contributed by atoms with Gasteiger partial charge in [-0.1, -0.05) is 35.9 Å². The zero-order valence-corrected chi connectivity index (χ0v) is 23.8. The molecule has 3 amide bonds. The van der Waals surface area contributed by atoms with Crippen molar-refractivity contribution in [2.24, 2.45) is 0 Å². The van der Waals surface area contributed by atoms with E-state index in [4.69, 9.17) is 4.74 Å². The summed E-state index contributed by atoms with van der Waals surface area (Å²) in [7, 11) is 0. The molecule has 0 spiro atoms. The van der Waals surface area contributed by atoms with Crippen LogP contribution in [-0.4, -0.2) is 40.8 Å². The van der Waals surface area contributed by atoms with Crippen molar-refractivity contribution in [3.8, 4) is 11.1 Å². The average Bonchev–Trinajstić information content (AvgIpc) is 2.83. The highest BCUT2D eigenvalue weighted by Crippen LogP contribution is 2.28. The van der Waals surface area contributed by atoms with Crippen LogP contribution in [0, 0.1) is 26.6 Å². The van der Waals surface area contributed by atoms with Crippen LogP contribution in [-0.2, 0) is 9.53 Å². The van der Waals surface area contributed by atoms with Crippen molar-refractivity contribution in [2.45, 2.75) is 66.2 Å². The molecule has 3 rings (SSSR count). The maximum absolute atomic E-state index is 13.5. The Kier molecular flexibility index (Phi) is 9.32. The molecule has 0 aliphatic carbocycles. The fourth-order valence-corrected chi connectivity index (χ4v) is 4.54. The SMILES string of the molecule is Cc1cc(C)c(NC(=O)Nc2cc(-c3ccc(F)cc3)ccc2C(=O)N[C@H](C(=O)O)C(C)OC(C)(C)C)c(C)c1. The van der Waals surface area contributed by atoms with Crippen LogP contribution in [0.1, 0.15) is 54.7 Å². The summed E-state index contributed by atoms with van der Waals surface area (Å²) in [5.41, 5.74) is 4.30. The van der Waals surface area contributed by atoms with Crippen molar-refractivity contribution < 1.29 is 28.6 Å². The van der Waals surface area contributed by atoms with E-state index in [2.05, 4.69) is 16.0 Å². The molecule has 0 radical (unpaired) electrons. The highest BCUT2D eigenvalue weighted by atomic mass is 19.1. The fourth-order valence-electron chi connectivity index (χ4n) is 4.54. The summed E-state index contributed by atoms with van der Waals surface area (Å²) in [5, 5.41) is 17.9. The molecule has 0 aliphatic rings. The molecule has 1 unspecified atom stereocenters. The number of carboxylic acids is 1. The number of aliphatic carboxylic acids is 1. The number of halogens is 1. The molecule has 0 fully saturated rings. The van der Waals surface area contributed by atoms with E-state index in [1.807, 2.05) is 32.9 Å². The molecule has 0 aliphatic heterocycles. The lowest BCUT2D eigenvalue weighted by molar-refractivity contribution is -0.146. The maximum atomic E-state index is 13.5. The van der Waals surface area contributed by atoms with Gasteiger partial charge in [-0.25, -0.2) is 14.0 Å². The van der Waals surface area contributed by atoms with Gasteiger partial charge in [0.2, 0.25) is 0 Å². The van der Waals surface area contributed by atoms with Gasteiger partial charge >= 0.3 is 12.0 Å². The lowest BCUT2D eigenvalue weighted by Crippen LogP contribution is -2.50. The Morgan fingerprint density at radius 2 is 1.45 bits per heavy atom. The number of urea groups is 1. The second kappa shape index (κ2) is 12.3. The largest absolute Gasteiger partial charge is 0.480 e. The Morgan fingerprint density at radius 1 is 0.875 bits per heavy atom. The van der Waals surface area contributed by atoms with E-state index in [1.165, 1.54) is 18.2 Å². The number of carbonyl (C=O) groups excluding carboxylic acids is 2. The van der Waals surface area contributed by atoms with E-state index in [-0.39, 0.29) is 11.3 Å². The number of ether oxygens (including phenoxy) is 1. The third kappa shape index (κ3) is 7.89. The zero-order chi connectivity index (χ0) is 29.8. The predicted octanol–water partition coefficient (Wildman–Crippen LogP) is 6.45. The van der Waals surface area contributed by atoms with Crippen LogP contribution in [0.4, 0.5) is 20.6 Å². The molecule has 0 saturated heterocycles. The number of carboxylic acid groups (broad SMARTS) is 1. The van der Waals surface area contributed by atoms with Gasteiger partial charge in [-0.2, -0.15) is 0 Å². The van der Waals surface area contributed by atoms with Crippen LogP contribution in [0.15, 0.2) is 54.6 Å². The van der Waals surface area contributed by atoms with Crippen molar-refractivity contribution >= 4 is 29.3 Å². The van der Waals surface area contributed by atoms with Crippen LogP contribution in [0.25, 0.3) is 11.1 Å². The number of amides is 3. The van der Waals surface area contributed by atoms with Gasteiger partial charge in [0, 0.05) is 5.69 Å². The van der Waals surface area contributed by atoms with E-state index in [0.29, 0.717) is 16.8 Å². The number of hydrogen-bond donors (Lipinski definition) is 4. The Balaban J connectivity index is 1.96. The monoisotopic (exact) mass is 549 g/mol. The first-order chi connectivity index (χ1) is 18.6. The highest BCUT2D eigenvalue weighted by Gasteiger charge is 2.31. The minimum absolute atomic E-state index is 0.0487. The van der Waals surface area contributed by atoms with Gasteiger partial charge in [0.1, 0.15) is 5.82 Å². The summed E-state index contributed by atoms with van der Waals surface area (Å²) in [5.74, 6) is -2.36. The zero-order valence-electron chi connectivity index (χ0n) is 23.8. The van der Waals surface area contributed by atoms with Gasteiger partial charge in [-0.3, -0.25) is 4.79 Å². The van der Waals surface area contributed by atoms with Crippen molar-refractivity contribution in [3.63, 3.8) is 0 Å². The summed E-state index contributed by atoms with van der Waals surface area (Å²) >= 11 is 0. The molecule has 40 heavy (non-hydrogen) atoms. The maximum Gasteiger partial charge on any atom is 0.328 e. The minimum Gasteiger partial charge on any atom is -0.480 e. The number of rotatable bonds is 8. The summed E-state index contributed by atoms with van der Waals surface area (Å²) in [6.07, 6.45) is -0.841. The van der Waals surface area contributed by atoms with Gasteiger partial charge in [-0.05, 0) is 95.0 Å². The smallest absolute Gasteiger partial charge is 0.328 e. The van der Waals surface area contributed by atoms with E-state index >= 15 is 0 Å². The number of anilines is 2. The molecular formula is C31H36FN3O5. The molecule has 3 aromatic rings. The highest BCUT2D eigenvalue weighted by molar-refractivity contribution is 6.08. The van der Waals surface area contributed by atoms with Crippen LogP contribution in [0.5, 0.6) is 0 Å². The van der Waals surface area contributed by atoms with Gasteiger partial charge in [0.05, 0.1) is 23.0 Å². The quantitative estimate of drug-likeness (QED) is 0.258. The third-order valence-corrected chi connectivity index (χ3v) is 6.17. The molecule has 0 saturated carbocycles. The predicted molar refractivity (Wildman–Crippen MR) is 154 cm³/mol. The molecule has 8 nitrogen and oxygen atoms in total. The summed E-state index contributed by atoms with van der Waals surface area (Å²) in [6, 6.07) is 12.5. The number of aryl methyl sites for hydroxylation is 3. The van der Waals surface area contributed by atoms with Crippen molar-refractivity contribution in [1.29, 1.82) is 0 Å². The van der Waals surface area contributed by atoms with Crippen LogP contribution in [0.3, 0.4) is 0 Å². The first kappa shape index (κ1) is 30.3. The molecule has 0 heterocycles. The molecule has 0 aromatic heterocycles. The topological polar surface area (TPSA) is 117 Å². The Morgan fingerprint density at radius 3 is 2.00 bits per heavy atom. The molecule has 212 valence electrons. The van der Waals surface area contributed by atoms with Crippen LogP contribution in [0.2, 0.25) is 0 Å². The molecule has 3 aromatic carbocycles. The molecule has 4 N–H and O–H groups in total. The number of nitrogens with one attached hydrogen (secondary N) is 3. The summed E-state index contributed by atoms with van der Waals surface area (Å²) in [4.78, 5) is 38.5. The summed E-state index contributed by atoms with van der Waals surface area (Å²) < 4.78 is 19.3. The fraction of sp³-hybridized carbons (Fsp3) is 0.323. The van der Waals surface area contributed by atoms with E-state index < -0.39 is 41.5 Å². The average molecular weight is 550 g/mol. The number of hydrogen-bond acceptors (Lipinski definition) is 4. The molecule has 2 atom stereocenters. The normalized spacial score (nSPS) is 12.8. The van der Waals surface area contributed by atoms with Gasteiger partial charge in [0.15, 0.2) is 6.04 Å². The van der Waals surface area contributed by atoms with Crippen LogP contribution >= 0.6 is 0 Å². The summed E-state index contributed by atoms with van der Waals surface area (Å²) in [6.45, 7) is 12.7. The number of carbonyl (C=O) groups is 3. The standard InChI is InChI=1S/C31H36FN3O5/c1-17-14-18(2)26(19(3)15-17)35-30(39)33-25-16-22(21-8-11-23(32)12-9-21)10-13-24(25)28(36)34-27(29(37)38)20(4)40-31(5,6)7/h8-16,20,27H,1-7H3,(H,34,36)(H,37,38)(H2,33,35,39)/t20?,27-/m0/s1. The Labute approximate surface area is 233 Å². The lowest BCUT2D eigenvalue weighted by Gasteiger charge is -2.29. The van der Waals surface area contributed by atoms with E-state index in [0.717, 1.165) is 16.7 Å². The first-order valence-corrected chi connectivity index (χ1v) is 12.9. The number of benzene rings is 3. The Hall–Kier alpha value is -4.24. The minimum atomic E-state index is -1.34. The van der Waals surface area contributed by atoms with Gasteiger partial charge < -0.3 is 25.8 Å². The van der Waals surface area contributed by atoms with Crippen LogP contribution < -0.4 is 16.0 Å². The second-order valence-corrected chi connectivity index (χ2v) is 10.8. The second-order valence-electron chi connectivity index (χ2n) is 10.8. The molecule has 9 heteroatoms. The first-order valence-electron chi connectivity index (χ1n) is 12.9. The van der Waals surface area contributed by atoms with Gasteiger partial charge in [-0.15, -0.1) is 0 Å². The Bertz CT molecular complexity index is 1390. The van der Waals surface area contributed by atoms with E-state index in [9.17, 15) is 23.9 Å². The van der Waals surface area contributed by atoms with Crippen molar-refractivity contribution in [2.75, 3.05) is 10.6 Å². The van der Waals surface area contributed by atoms with Gasteiger partial charge in [0.25, 0.3) is 5.91 Å². The van der Waals surface area contributed by atoms with E-state index in [1.54, 1.807) is 52.0 Å². The molecular weight excluding hydrogens is 513 g/mol.